The number of anilines is 3. The van der Waals surface area contributed by atoms with E-state index in [2.05, 4.69) is 51.1 Å². The van der Waals surface area contributed by atoms with E-state index in [1.54, 1.807) is 6.20 Å². The number of aromatic nitrogens is 4. The molecule has 3 N–H and O–H groups in total. The molecule has 0 atom stereocenters. The highest BCUT2D eigenvalue weighted by Crippen LogP contribution is 2.31. The van der Waals surface area contributed by atoms with Gasteiger partial charge in [0, 0.05) is 37.0 Å². The monoisotopic (exact) mass is 475 g/mol. The fraction of sp³-hybridized carbons (Fsp3) is 0.462. The van der Waals surface area contributed by atoms with Crippen LogP contribution in [0.15, 0.2) is 36.5 Å². The lowest BCUT2D eigenvalue weighted by Gasteiger charge is -2.31. The molecule has 9 nitrogen and oxygen atoms in total. The molecule has 5 rings (SSSR count). The van der Waals surface area contributed by atoms with Crippen LogP contribution in [0.2, 0.25) is 0 Å². The number of carbonyl (C=O) groups is 1. The van der Waals surface area contributed by atoms with Crippen molar-refractivity contribution in [1.82, 2.24) is 20.2 Å². The molecule has 9 heteroatoms. The summed E-state index contributed by atoms with van der Waals surface area (Å²) in [5.74, 6) is 2.40. The first kappa shape index (κ1) is 23.3. The Hall–Kier alpha value is -3.46. The largest absolute Gasteiger partial charge is 0.396 e. The van der Waals surface area contributed by atoms with Crippen LogP contribution < -0.4 is 15.1 Å². The Labute approximate surface area is 205 Å². The van der Waals surface area contributed by atoms with Crippen LogP contribution in [-0.4, -0.2) is 50.9 Å². The molecule has 0 bridgehead atoms. The summed E-state index contributed by atoms with van der Waals surface area (Å²) in [6.07, 6.45) is 3.69. The number of piperidine rings is 1. The van der Waals surface area contributed by atoms with E-state index < -0.39 is 0 Å². The van der Waals surface area contributed by atoms with Crippen molar-refractivity contribution >= 4 is 23.5 Å². The number of H-pyrrole nitrogens is 1. The number of carbonyl (C=O) groups excluding carboxylic acids is 1. The Morgan fingerprint density at radius 1 is 1.11 bits per heavy atom. The molecule has 2 aliphatic rings. The molecule has 0 unspecified atom stereocenters. The topological polar surface area (TPSA) is 110 Å². The SMILES string of the molecule is CC(C)(C)c1ccc(C(=O)Nc2[nH]nc3c2CN(c2ccnc(N4CCC(CO)CC4)n2)C3)cc1. The van der Waals surface area contributed by atoms with Gasteiger partial charge in [0.2, 0.25) is 5.95 Å². The van der Waals surface area contributed by atoms with Crippen LogP contribution >= 0.6 is 0 Å². The van der Waals surface area contributed by atoms with Gasteiger partial charge in [-0.25, -0.2) is 4.98 Å². The highest BCUT2D eigenvalue weighted by atomic mass is 16.3. The van der Waals surface area contributed by atoms with Gasteiger partial charge in [-0.05, 0) is 47.9 Å². The molecule has 35 heavy (non-hydrogen) atoms. The minimum absolute atomic E-state index is 0.0410. The predicted molar refractivity (Wildman–Crippen MR) is 136 cm³/mol. The Morgan fingerprint density at radius 2 is 1.86 bits per heavy atom. The highest BCUT2D eigenvalue weighted by molar-refractivity contribution is 6.04. The van der Waals surface area contributed by atoms with Crippen LogP contribution in [0, 0.1) is 5.92 Å². The van der Waals surface area contributed by atoms with Gasteiger partial charge in [0.25, 0.3) is 5.91 Å². The molecule has 3 aromatic rings. The average molecular weight is 476 g/mol. The van der Waals surface area contributed by atoms with Gasteiger partial charge in [0.05, 0.1) is 18.8 Å². The van der Waals surface area contributed by atoms with Crippen molar-refractivity contribution < 1.29 is 9.90 Å². The second kappa shape index (κ2) is 9.30. The number of aliphatic hydroxyl groups excluding tert-OH is 1. The van der Waals surface area contributed by atoms with Crippen LogP contribution in [0.4, 0.5) is 17.6 Å². The fourth-order valence-corrected chi connectivity index (χ4v) is 4.69. The summed E-state index contributed by atoms with van der Waals surface area (Å²) in [5, 5.41) is 19.8. The first-order valence-electron chi connectivity index (χ1n) is 12.2. The van der Waals surface area contributed by atoms with Gasteiger partial charge in [0.1, 0.15) is 11.6 Å². The van der Waals surface area contributed by atoms with E-state index in [1.807, 2.05) is 30.3 Å². The maximum atomic E-state index is 12.9. The quantitative estimate of drug-likeness (QED) is 0.518. The van der Waals surface area contributed by atoms with Crippen LogP contribution in [-0.2, 0) is 18.5 Å². The van der Waals surface area contributed by atoms with Crippen LogP contribution in [0.1, 0.15) is 60.8 Å². The minimum Gasteiger partial charge on any atom is -0.396 e. The third kappa shape index (κ3) is 4.86. The highest BCUT2D eigenvalue weighted by Gasteiger charge is 2.28. The molecule has 2 aromatic heterocycles. The predicted octanol–water partition coefficient (Wildman–Crippen LogP) is 3.48. The maximum Gasteiger partial charge on any atom is 0.256 e. The molecule has 4 heterocycles. The third-order valence-electron chi connectivity index (χ3n) is 7.00. The fourth-order valence-electron chi connectivity index (χ4n) is 4.69. The van der Waals surface area contributed by atoms with E-state index in [-0.39, 0.29) is 17.9 Å². The smallest absolute Gasteiger partial charge is 0.256 e. The average Bonchev–Trinajstić information content (AvgIpc) is 3.46. The van der Waals surface area contributed by atoms with E-state index >= 15 is 0 Å². The summed E-state index contributed by atoms with van der Waals surface area (Å²) in [6, 6.07) is 9.66. The second-order valence-electron chi connectivity index (χ2n) is 10.5. The van der Waals surface area contributed by atoms with Gasteiger partial charge in [0.15, 0.2) is 0 Å². The van der Waals surface area contributed by atoms with Crippen LogP contribution in [0.3, 0.4) is 0 Å². The van der Waals surface area contributed by atoms with Gasteiger partial charge >= 0.3 is 0 Å². The van der Waals surface area contributed by atoms with Crippen molar-refractivity contribution in [1.29, 1.82) is 0 Å². The molecule has 0 aliphatic carbocycles. The molecule has 0 spiro atoms. The number of aliphatic hydroxyl groups is 1. The van der Waals surface area contributed by atoms with E-state index in [9.17, 15) is 9.90 Å². The Bertz CT molecular complexity index is 1190. The zero-order chi connectivity index (χ0) is 24.6. The van der Waals surface area contributed by atoms with Crippen molar-refractivity contribution in [3.8, 4) is 0 Å². The zero-order valence-electron chi connectivity index (χ0n) is 20.6. The van der Waals surface area contributed by atoms with Crippen molar-refractivity contribution in [2.75, 3.05) is 34.8 Å². The summed E-state index contributed by atoms with van der Waals surface area (Å²) in [5.41, 5.74) is 3.73. The number of hydrogen-bond acceptors (Lipinski definition) is 7. The number of aromatic amines is 1. The number of nitrogens with zero attached hydrogens (tertiary/aromatic N) is 5. The third-order valence-corrected chi connectivity index (χ3v) is 7.00. The maximum absolute atomic E-state index is 12.9. The molecule has 0 saturated carbocycles. The number of fused-ring (bicyclic) bond motifs is 1. The summed E-state index contributed by atoms with van der Waals surface area (Å²) < 4.78 is 0. The molecule has 2 aliphatic heterocycles. The van der Waals surface area contributed by atoms with Crippen molar-refractivity contribution in [2.24, 2.45) is 5.92 Å². The van der Waals surface area contributed by atoms with E-state index in [0.717, 1.165) is 49.0 Å². The minimum atomic E-state index is -0.161. The number of amides is 1. The summed E-state index contributed by atoms with van der Waals surface area (Å²) in [7, 11) is 0. The summed E-state index contributed by atoms with van der Waals surface area (Å²) in [4.78, 5) is 26.5. The molecular weight excluding hydrogens is 442 g/mol. The number of benzene rings is 1. The lowest BCUT2D eigenvalue weighted by atomic mass is 9.87. The number of hydrogen-bond donors (Lipinski definition) is 3. The standard InChI is InChI=1S/C26H33N7O2/c1-26(2,3)19-6-4-18(5-7-19)24(35)29-23-20-14-33(15-21(20)30-31-23)22-8-11-27-25(28-22)32-12-9-17(16-34)10-13-32/h4-8,11,17,34H,9-10,12-16H2,1-3H3,(H2,29,30,31,35). The van der Waals surface area contributed by atoms with Crippen LogP contribution in [0.5, 0.6) is 0 Å². The normalized spacial score (nSPS) is 16.5. The number of nitrogens with one attached hydrogen (secondary N) is 2. The Morgan fingerprint density at radius 3 is 2.54 bits per heavy atom. The summed E-state index contributed by atoms with van der Waals surface area (Å²) in [6.45, 7) is 9.63. The van der Waals surface area contributed by atoms with Crippen molar-refractivity contribution in [2.45, 2.75) is 52.1 Å². The lowest BCUT2D eigenvalue weighted by molar-refractivity contribution is 0.102. The van der Waals surface area contributed by atoms with Gasteiger partial charge < -0.3 is 20.2 Å². The molecule has 184 valence electrons. The van der Waals surface area contributed by atoms with E-state index in [0.29, 0.717) is 30.4 Å². The van der Waals surface area contributed by atoms with E-state index in [4.69, 9.17) is 4.98 Å². The molecule has 1 aromatic carbocycles. The molecule has 1 fully saturated rings. The molecule has 1 amide bonds. The second-order valence-corrected chi connectivity index (χ2v) is 10.5. The van der Waals surface area contributed by atoms with Gasteiger partial charge in [-0.2, -0.15) is 10.1 Å². The first-order valence-corrected chi connectivity index (χ1v) is 12.2. The lowest BCUT2D eigenvalue weighted by Crippen LogP contribution is -2.36. The van der Waals surface area contributed by atoms with Gasteiger partial charge in [-0.1, -0.05) is 32.9 Å². The zero-order valence-corrected chi connectivity index (χ0v) is 20.6. The van der Waals surface area contributed by atoms with Gasteiger partial charge in [-0.3, -0.25) is 9.89 Å². The van der Waals surface area contributed by atoms with Crippen molar-refractivity contribution in [3.63, 3.8) is 0 Å². The first-order chi connectivity index (χ1) is 16.8. The Kier molecular flexibility index (Phi) is 6.19. The Balaban J connectivity index is 1.26. The number of rotatable bonds is 5. The van der Waals surface area contributed by atoms with E-state index in [1.165, 1.54) is 5.56 Å². The van der Waals surface area contributed by atoms with Crippen LogP contribution in [0.25, 0.3) is 0 Å². The molecule has 0 radical (unpaired) electrons. The summed E-state index contributed by atoms with van der Waals surface area (Å²) >= 11 is 0. The van der Waals surface area contributed by atoms with Crippen molar-refractivity contribution in [3.05, 3.63) is 58.9 Å². The molecule has 1 saturated heterocycles. The molecular formula is C26H33N7O2. The van der Waals surface area contributed by atoms with Gasteiger partial charge in [-0.15, -0.1) is 0 Å².